The zero-order chi connectivity index (χ0) is 12.8. The van der Waals surface area contributed by atoms with Crippen LogP contribution < -0.4 is 5.32 Å². The SMILES string of the molecule is COCC(CO)NCC1CCC2(CCCCC2)O1. The molecule has 1 saturated heterocycles. The molecule has 2 N–H and O–H groups in total. The van der Waals surface area contributed by atoms with Crippen molar-refractivity contribution in [2.75, 3.05) is 26.9 Å². The molecule has 0 amide bonds. The largest absolute Gasteiger partial charge is 0.395 e. The van der Waals surface area contributed by atoms with Crippen LogP contribution in [0.1, 0.15) is 44.9 Å². The summed E-state index contributed by atoms with van der Waals surface area (Å²) >= 11 is 0. The van der Waals surface area contributed by atoms with Gasteiger partial charge in [0.25, 0.3) is 0 Å². The Morgan fingerprint density at radius 1 is 1.33 bits per heavy atom. The summed E-state index contributed by atoms with van der Waals surface area (Å²) in [7, 11) is 1.66. The van der Waals surface area contributed by atoms with E-state index in [2.05, 4.69) is 5.32 Å². The van der Waals surface area contributed by atoms with Crippen molar-refractivity contribution >= 4 is 0 Å². The van der Waals surface area contributed by atoms with Crippen molar-refractivity contribution in [3.63, 3.8) is 0 Å². The number of aliphatic hydroxyl groups is 1. The van der Waals surface area contributed by atoms with Crippen LogP contribution in [0.15, 0.2) is 0 Å². The third kappa shape index (κ3) is 3.67. The van der Waals surface area contributed by atoms with Crippen LogP contribution in [0.5, 0.6) is 0 Å². The van der Waals surface area contributed by atoms with Gasteiger partial charge in [-0.3, -0.25) is 0 Å². The first-order valence-electron chi connectivity index (χ1n) is 7.29. The Labute approximate surface area is 110 Å². The fourth-order valence-electron chi connectivity index (χ4n) is 3.28. The van der Waals surface area contributed by atoms with Gasteiger partial charge in [-0.05, 0) is 25.7 Å². The molecule has 18 heavy (non-hydrogen) atoms. The molecule has 0 aromatic carbocycles. The van der Waals surface area contributed by atoms with Gasteiger partial charge in [0.05, 0.1) is 31.0 Å². The number of nitrogens with one attached hydrogen (secondary N) is 1. The van der Waals surface area contributed by atoms with Crippen LogP contribution in [-0.2, 0) is 9.47 Å². The van der Waals surface area contributed by atoms with E-state index in [0.29, 0.717) is 12.7 Å². The van der Waals surface area contributed by atoms with Crippen LogP contribution in [0.2, 0.25) is 0 Å². The van der Waals surface area contributed by atoms with Crippen LogP contribution in [-0.4, -0.2) is 49.7 Å². The quantitative estimate of drug-likeness (QED) is 0.756. The van der Waals surface area contributed by atoms with Gasteiger partial charge in [0.15, 0.2) is 0 Å². The van der Waals surface area contributed by atoms with E-state index < -0.39 is 0 Å². The molecule has 0 aromatic rings. The molecule has 4 heteroatoms. The fourth-order valence-corrected chi connectivity index (χ4v) is 3.28. The molecule has 1 spiro atoms. The molecule has 2 unspecified atom stereocenters. The fraction of sp³-hybridized carbons (Fsp3) is 1.00. The summed E-state index contributed by atoms with van der Waals surface area (Å²) in [6.07, 6.45) is 9.18. The van der Waals surface area contributed by atoms with E-state index in [0.717, 1.165) is 13.0 Å². The van der Waals surface area contributed by atoms with Crippen LogP contribution in [0.3, 0.4) is 0 Å². The van der Waals surface area contributed by atoms with Crippen molar-refractivity contribution in [3.05, 3.63) is 0 Å². The Kier molecular flexibility index (Phi) is 5.42. The molecule has 1 saturated carbocycles. The van der Waals surface area contributed by atoms with Crippen molar-refractivity contribution in [1.29, 1.82) is 0 Å². The third-order valence-corrected chi connectivity index (χ3v) is 4.33. The zero-order valence-corrected chi connectivity index (χ0v) is 11.5. The van der Waals surface area contributed by atoms with Gasteiger partial charge in [-0.1, -0.05) is 19.3 Å². The maximum absolute atomic E-state index is 9.19. The van der Waals surface area contributed by atoms with E-state index in [1.807, 2.05) is 0 Å². The van der Waals surface area contributed by atoms with Crippen molar-refractivity contribution < 1.29 is 14.6 Å². The molecule has 1 aliphatic heterocycles. The Bertz CT molecular complexity index is 241. The summed E-state index contributed by atoms with van der Waals surface area (Å²) in [6.45, 7) is 1.50. The number of rotatable bonds is 6. The van der Waals surface area contributed by atoms with Crippen LogP contribution >= 0.6 is 0 Å². The Morgan fingerprint density at radius 2 is 2.11 bits per heavy atom. The Balaban J connectivity index is 1.72. The summed E-state index contributed by atoms with van der Waals surface area (Å²) in [5.74, 6) is 0. The molecule has 2 aliphatic rings. The van der Waals surface area contributed by atoms with Gasteiger partial charge < -0.3 is 19.9 Å². The molecular weight excluding hydrogens is 230 g/mol. The van der Waals surface area contributed by atoms with E-state index in [9.17, 15) is 5.11 Å². The van der Waals surface area contributed by atoms with Gasteiger partial charge in [-0.15, -0.1) is 0 Å². The number of aliphatic hydroxyl groups excluding tert-OH is 1. The smallest absolute Gasteiger partial charge is 0.0708 e. The maximum atomic E-state index is 9.19. The molecule has 2 fully saturated rings. The second-order valence-corrected chi connectivity index (χ2v) is 5.77. The first-order valence-corrected chi connectivity index (χ1v) is 7.29. The first kappa shape index (κ1) is 14.3. The first-order chi connectivity index (χ1) is 8.78. The van der Waals surface area contributed by atoms with E-state index in [1.165, 1.54) is 38.5 Å². The highest BCUT2D eigenvalue weighted by atomic mass is 16.5. The lowest BCUT2D eigenvalue weighted by Gasteiger charge is -2.33. The van der Waals surface area contributed by atoms with Crippen LogP contribution in [0.25, 0.3) is 0 Å². The summed E-state index contributed by atoms with van der Waals surface area (Å²) in [6, 6.07) is 0.0292. The molecule has 0 bridgehead atoms. The van der Waals surface area contributed by atoms with Crippen molar-refractivity contribution in [1.82, 2.24) is 5.32 Å². The van der Waals surface area contributed by atoms with Crippen molar-refractivity contribution in [3.8, 4) is 0 Å². The monoisotopic (exact) mass is 257 g/mol. The van der Waals surface area contributed by atoms with Gasteiger partial charge >= 0.3 is 0 Å². The highest BCUT2D eigenvalue weighted by Gasteiger charge is 2.40. The van der Waals surface area contributed by atoms with E-state index >= 15 is 0 Å². The van der Waals surface area contributed by atoms with Crippen molar-refractivity contribution in [2.45, 2.75) is 62.7 Å². The molecule has 2 rings (SSSR count). The number of hydrogen-bond acceptors (Lipinski definition) is 4. The Hall–Kier alpha value is -0.160. The third-order valence-electron chi connectivity index (χ3n) is 4.33. The van der Waals surface area contributed by atoms with Gasteiger partial charge in [0, 0.05) is 13.7 Å². The van der Waals surface area contributed by atoms with Gasteiger partial charge in [0.1, 0.15) is 0 Å². The zero-order valence-electron chi connectivity index (χ0n) is 11.5. The standard InChI is InChI=1S/C14H27NO3/c1-17-11-12(10-16)15-9-13-5-8-14(18-13)6-3-2-4-7-14/h12-13,15-16H,2-11H2,1H3. The maximum Gasteiger partial charge on any atom is 0.0708 e. The normalized spacial score (nSPS) is 28.7. The minimum atomic E-state index is 0.0292. The van der Waals surface area contributed by atoms with Gasteiger partial charge in [-0.25, -0.2) is 0 Å². The molecule has 106 valence electrons. The Morgan fingerprint density at radius 3 is 2.78 bits per heavy atom. The number of hydrogen-bond donors (Lipinski definition) is 2. The highest BCUT2D eigenvalue weighted by Crippen LogP contribution is 2.41. The lowest BCUT2D eigenvalue weighted by molar-refractivity contribution is -0.0637. The van der Waals surface area contributed by atoms with Crippen LogP contribution in [0.4, 0.5) is 0 Å². The molecule has 1 aliphatic carbocycles. The van der Waals surface area contributed by atoms with Gasteiger partial charge in [-0.2, -0.15) is 0 Å². The number of ether oxygens (including phenoxy) is 2. The number of methoxy groups -OCH3 is 1. The average Bonchev–Trinajstić information content (AvgIpc) is 2.78. The summed E-state index contributed by atoms with van der Waals surface area (Å²) in [4.78, 5) is 0. The predicted octanol–water partition coefficient (Wildman–Crippen LogP) is 1.47. The molecule has 4 nitrogen and oxygen atoms in total. The van der Waals surface area contributed by atoms with E-state index in [4.69, 9.17) is 9.47 Å². The second-order valence-electron chi connectivity index (χ2n) is 5.77. The topological polar surface area (TPSA) is 50.7 Å². The lowest BCUT2D eigenvalue weighted by atomic mass is 9.83. The highest BCUT2D eigenvalue weighted by molar-refractivity contribution is 4.92. The van der Waals surface area contributed by atoms with E-state index in [-0.39, 0.29) is 18.2 Å². The van der Waals surface area contributed by atoms with Gasteiger partial charge in [0.2, 0.25) is 0 Å². The minimum Gasteiger partial charge on any atom is -0.395 e. The van der Waals surface area contributed by atoms with Crippen LogP contribution in [0, 0.1) is 0 Å². The molecule has 0 aromatic heterocycles. The summed E-state index contributed by atoms with van der Waals surface area (Å²) in [5, 5.41) is 12.5. The summed E-state index contributed by atoms with van der Waals surface area (Å²) < 4.78 is 11.3. The molecule has 1 heterocycles. The minimum absolute atomic E-state index is 0.0292. The molecule has 0 radical (unpaired) electrons. The average molecular weight is 257 g/mol. The predicted molar refractivity (Wildman–Crippen MR) is 70.7 cm³/mol. The van der Waals surface area contributed by atoms with E-state index in [1.54, 1.807) is 7.11 Å². The van der Waals surface area contributed by atoms with Crippen molar-refractivity contribution in [2.24, 2.45) is 0 Å². The lowest BCUT2D eigenvalue weighted by Crippen LogP contribution is -2.42. The summed E-state index contributed by atoms with van der Waals surface area (Å²) in [5.41, 5.74) is 0.195. The second kappa shape index (κ2) is 6.85. The molecular formula is C14H27NO3. The molecule has 2 atom stereocenters.